The predicted molar refractivity (Wildman–Crippen MR) is 121 cm³/mol. The first-order valence-electron chi connectivity index (χ1n) is 11.8. The maximum absolute atomic E-state index is 13.2. The van der Waals surface area contributed by atoms with Crippen molar-refractivity contribution in [1.82, 2.24) is 0 Å². The highest BCUT2D eigenvalue weighted by molar-refractivity contribution is 6.07. The van der Waals surface area contributed by atoms with E-state index in [2.05, 4.69) is 71.9 Å². The summed E-state index contributed by atoms with van der Waals surface area (Å²) < 4.78 is 0. The fraction of sp³-hybridized carbons (Fsp3) is 0.643. The Balaban J connectivity index is 1.36. The fourth-order valence-electron chi connectivity index (χ4n) is 7.79. The molecular formula is C28H36O2. The second-order valence-corrected chi connectivity index (χ2v) is 12.2. The van der Waals surface area contributed by atoms with Crippen molar-refractivity contribution in [3.05, 3.63) is 41.0 Å². The highest BCUT2D eigenvalue weighted by atomic mass is 16.1. The largest absolute Gasteiger partial charge is 0.299 e. The number of Topliss-reactive ketones (excluding diaryl/α,β-unsaturated/α-hetero) is 2. The summed E-state index contributed by atoms with van der Waals surface area (Å²) in [5.41, 5.74) is 3.21. The van der Waals surface area contributed by atoms with E-state index in [1.807, 2.05) is 0 Å². The third kappa shape index (κ3) is 2.26. The van der Waals surface area contributed by atoms with Gasteiger partial charge in [0.2, 0.25) is 0 Å². The Labute approximate surface area is 181 Å². The molecule has 0 aliphatic heterocycles. The molecule has 2 nitrogen and oxygen atoms in total. The van der Waals surface area contributed by atoms with Crippen LogP contribution in [-0.4, -0.2) is 11.6 Å². The van der Waals surface area contributed by atoms with Gasteiger partial charge in [0.25, 0.3) is 0 Å². The van der Waals surface area contributed by atoms with Gasteiger partial charge in [-0.25, -0.2) is 0 Å². The molecule has 0 radical (unpaired) electrons. The van der Waals surface area contributed by atoms with Crippen LogP contribution in [0.1, 0.15) is 78.4 Å². The molecule has 0 spiro atoms. The molecule has 0 aromatic heterocycles. The zero-order valence-corrected chi connectivity index (χ0v) is 19.5. The van der Waals surface area contributed by atoms with E-state index >= 15 is 0 Å². The SMILES string of the molecule is CC12CCC(/C(=C\c3ccc(CC4C(=O)C5(C)CCC4C5(C)C)cc3)C1=O)C2(C)C. The third-order valence-corrected chi connectivity index (χ3v) is 10.8. The number of rotatable bonds is 3. The summed E-state index contributed by atoms with van der Waals surface area (Å²) in [6.45, 7) is 13.5. The average Bonchev–Trinajstić information content (AvgIpc) is 3.17. The zero-order valence-electron chi connectivity index (χ0n) is 19.5. The first-order chi connectivity index (χ1) is 13.9. The molecule has 5 atom stereocenters. The lowest BCUT2D eigenvalue weighted by Gasteiger charge is -2.32. The normalized spacial score (nSPS) is 41.9. The van der Waals surface area contributed by atoms with Crippen LogP contribution in [0.15, 0.2) is 29.8 Å². The summed E-state index contributed by atoms with van der Waals surface area (Å²) in [6, 6.07) is 8.63. The monoisotopic (exact) mass is 404 g/mol. The maximum atomic E-state index is 13.2. The molecule has 0 N–H and O–H groups in total. The molecule has 2 heteroatoms. The van der Waals surface area contributed by atoms with Crippen molar-refractivity contribution >= 4 is 17.6 Å². The molecule has 5 rings (SSSR count). The number of fused-ring (bicyclic) bond motifs is 4. The molecule has 4 bridgehead atoms. The van der Waals surface area contributed by atoms with Crippen LogP contribution in [0.5, 0.6) is 0 Å². The Morgan fingerprint density at radius 1 is 0.867 bits per heavy atom. The molecule has 0 saturated heterocycles. The summed E-state index contributed by atoms with van der Waals surface area (Å²) in [5, 5.41) is 0. The van der Waals surface area contributed by atoms with E-state index in [0.29, 0.717) is 23.4 Å². The van der Waals surface area contributed by atoms with Crippen LogP contribution in [0, 0.1) is 39.4 Å². The molecule has 4 saturated carbocycles. The number of ketones is 2. The van der Waals surface area contributed by atoms with E-state index < -0.39 is 0 Å². The van der Waals surface area contributed by atoms with Gasteiger partial charge < -0.3 is 0 Å². The lowest BCUT2D eigenvalue weighted by Crippen LogP contribution is -2.33. The summed E-state index contributed by atoms with van der Waals surface area (Å²) in [5.74, 6) is 1.89. The van der Waals surface area contributed by atoms with E-state index in [-0.39, 0.29) is 27.6 Å². The molecule has 1 aromatic rings. The molecule has 160 valence electrons. The predicted octanol–water partition coefficient (Wildman–Crippen LogP) is 6.28. The topological polar surface area (TPSA) is 34.1 Å². The van der Waals surface area contributed by atoms with E-state index in [0.717, 1.165) is 36.8 Å². The standard InChI is InChI=1S/C28H36O2/c1-25(2)21-11-13-27(25,5)23(29)19(21)15-17-7-9-18(10-8-17)16-20-22-12-14-28(6,24(20)30)26(22,3)4/h7-10,15,20-22H,11-14,16H2,1-6H3/b19-15+. The smallest absolute Gasteiger partial charge is 0.165 e. The van der Waals surface area contributed by atoms with Gasteiger partial charge in [-0.2, -0.15) is 0 Å². The number of hydrogen-bond acceptors (Lipinski definition) is 2. The van der Waals surface area contributed by atoms with Crippen LogP contribution >= 0.6 is 0 Å². The highest BCUT2D eigenvalue weighted by Gasteiger charge is 2.66. The fourth-order valence-corrected chi connectivity index (χ4v) is 7.79. The van der Waals surface area contributed by atoms with Crippen LogP contribution in [-0.2, 0) is 16.0 Å². The van der Waals surface area contributed by atoms with Crippen molar-refractivity contribution in [3.8, 4) is 0 Å². The van der Waals surface area contributed by atoms with Gasteiger partial charge in [-0.05, 0) is 77.5 Å². The average molecular weight is 405 g/mol. The number of allylic oxidation sites excluding steroid dienone is 1. The lowest BCUT2D eigenvalue weighted by molar-refractivity contribution is -0.131. The van der Waals surface area contributed by atoms with E-state index in [1.165, 1.54) is 12.0 Å². The van der Waals surface area contributed by atoms with Gasteiger partial charge in [-0.3, -0.25) is 9.59 Å². The molecule has 30 heavy (non-hydrogen) atoms. The summed E-state index contributed by atoms with van der Waals surface area (Å²) in [7, 11) is 0. The van der Waals surface area contributed by atoms with Crippen molar-refractivity contribution in [1.29, 1.82) is 0 Å². The van der Waals surface area contributed by atoms with Gasteiger partial charge in [0, 0.05) is 16.7 Å². The molecule has 5 unspecified atom stereocenters. The van der Waals surface area contributed by atoms with Crippen LogP contribution in [0.2, 0.25) is 0 Å². The van der Waals surface area contributed by atoms with Gasteiger partial charge >= 0.3 is 0 Å². The van der Waals surface area contributed by atoms with Crippen LogP contribution in [0.4, 0.5) is 0 Å². The summed E-state index contributed by atoms with van der Waals surface area (Å²) in [6.07, 6.45) is 7.37. The van der Waals surface area contributed by atoms with E-state index in [9.17, 15) is 9.59 Å². The van der Waals surface area contributed by atoms with Crippen LogP contribution < -0.4 is 0 Å². The zero-order chi connectivity index (χ0) is 21.7. The van der Waals surface area contributed by atoms with E-state index in [4.69, 9.17) is 0 Å². The molecule has 4 aliphatic rings. The Kier molecular flexibility index (Phi) is 4.01. The molecule has 4 aliphatic carbocycles. The number of carbonyl (C=O) groups excluding carboxylic acids is 2. The molecule has 0 amide bonds. The van der Waals surface area contributed by atoms with Crippen molar-refractivity contribution in [3.63, 3.8) is 0 Å². The number of benzene rings is 1. The van der Waals surface area contributed by atoms with Gasteiger partial charge in [0.15, 0.2) is 5.78 Å². The van der Waals surface area contributed by atoms with Crippen molar-refractivity contribution in [2.75, 3.05) is 0 Å². The molecule has 1 aromatic carbocycles. The van der Waals surface area contributed by atoms with Crippen molar-refractivity contribution in [2.24, 2.45) is 39.4 Å². The second kappa shape index (κ2) is 5.96. The Hall–Kier alpha value is -1.70. The molecule has 4 fully saturated rings. The Morgan fingerprint density at radius 3 is 2.03 bits per heavy atom. The minimum absolute atomic E-state index is 0.0565. The number of hydrogen-bond donors (Lipinski definition) is 0. The van der Waals surface area contributed by atoms with Crippen molar-refractivity contribution in [2.45, 2.75) is 73.6 Å². The number of carbonyl (C=O) groups is 2. The van der Waals surface area contributed by atoms with Gasteiger partial charge in [0.1, 0.15) is 5.78 Å². The second-order valence-electron chi connectivity index (χ2n) is 12.2. The minimum atomic E-state index is -0.200. The quantitative estimate of drug-likeness (QED) is 0.556. The van der Waals surface area contributed by atoms with E-state index in [1.54, 1.807) is 0 Å². The van der Waals surface area contributed by atoms with Gasteiger partial charge in [-0.15, -0.1) is 0 Å². The Morgan fingerprint density at radius 2 is 1.50 bits per heavy atom. The minimum Gasteiger partial charge on any atom is -0.299 e. The summed E-state index contributed by atoms with van der Waals surface area (Å²) in [4.78, 5) is 26.3. The van der Waals surface area contributed by atoms with Crippen molar-refractivity contribution < 1.29 is 9.59 Å². The van der Waals surface area contributed by atoms with Crippen LogP contribution in [0.3, 0.4) is 0 Å². The van der Waals surface area contributed by atoms with Gasteiger partial charge in [-0.1, -0.05) is 65.8 Å². The maximum Gasteiger partial charge on any atom is 0.165 e. The first-order valence-corrected chi connectivity index (χ1v) is 11.8. The lowest BCUT2D eigenvalue weighted by atomic mass is 9.70. The van der Waals surface area contributed by atoms with Gasteiger partial charge in [0.05, 0.1) is 0 Å². The third-order valence-electron chi connectivity index (χ3n) is 10.8. The molecule has 0 heterocycles. The highest BCUT2D eigenvalue weighted by Crippen LogP contribution is 2.67. The first kappa shape index (κ1) is 20.2. The summed E-state index contributed by atoms with van der Waals surface area (Å²) >= 11 is 0. The van der Waals surface area contributed by atoms with Crippen LogP contribution in [0.25, 0.3) is 6.08 Å². The molecular weight excluding hydrogens is 368 g/mol. The Bertz CT molecular complexity index is 963.